The maximum absolute atomic E-state index is 4.91. The first kappa shape index (κ1) is 49.3. The van der Waals surface area contributed by atoms with Crippen molar-refractivity contribution in [2.75, 3.05) is 6.54 Å². The summed E-state index contributed by atoms with van der Waals surface area (Å²) < 4.78 is 0. The van der Waals surface area contributed by atoms with Crippen molar-refractivity contribution in [2.24, 2.45) is 17.6 Å². The lowest BCUT2D eigenvalue weighted by Crippen LogP contribution is -2.07. The second-order valence-electron chi connectivity index (χ2n) is 12.2. The van der Waals surface area contributed by atoms with Gasteiger partial charge in [-0.2, -0.15) is 0 Å². The van der Waals surface area contributed by atoms with E-state index in [1.54, 1.807) is 6.08 Å². The van der Waals surface area contributed by atoms with Crippen molar-refractivity contribution in [3.05, 3.63) is 72.9 Å². The number of unbranched alkanes of at least 4 members (excludes halogenated alkanes) is 1. The van der Waals surface area contributed by atoms with Crippen molar-refractivity contribution >= 4 is 0 Å². The first-order chi connectivity index (χ1) is 21.3. The van der Waals surface area contributed by atoms with Crippen LogP contribution in [0.15, 0.2) is 67.3 Å². The summed E-state index contributed by atoms with van der Waals surface area (Å²) in [6, 6.07) is 10.5. The smallest absolute Gasteiger partial charge is 0.0104 e. The Morgan fingerprint density at radius 3 is 1.27 bits per heavy atom. The maximum Gasteiger partial charge on any atom is 0.0104 e. The minimum atomic E-state index is 0.583. The van der Waals surface area contributed by atoms with Crippen LogP contribution in [-0.4, -0.2) is 6.54 Å². The predicted octanol–water partition coefficient (Wildman–Crippen LogP) is 15.0. The van der Waals surface area contributed by atoms with Crippen molar-refractivity contribution in [1.82, 2.24) is 0 Å². The fourth-order valence-corrected chi connectivity index (χ4v) is 3.28. The van der Waals surface area contributed by atoms with E-state index < -0.39 is 0 Å². The van der Waals surface area contributed by atoms with Crippen LogP contribution in [0.1, 0.15) is 190 Å². The van der Waals surface area contributed by atoms with Crippen molar-refractivity contribution in [1.29, 1.82) is 0 Å². The molecule has 0 aromatic heterocycles. The van der Waals surface area contributed by atoms with Gasteiger partial charge >= 0.3 is 0 Å². The van der Waals surface area contributed by atoms with Crippen LogP contribution in [0, 0.1) is 11.8 Å². The van der Waals surface area contributed by atoms with Gasteiger partial charge in [0.25, 0.3) is 0 Å². The van der Waals surface area contributed by atoms with Crippen LogP contribution in [0.25, 0.3) is 0 Å². The largest absolute Gasteiger partial charge is 0.327 e. The molecule has 4 aliphatic carbocycles. The highest BCUT2D eigenvalue weighted by molar-refractivity contribution is 5.17. The third kappa shape index (κ3) is 38.4. The lowest BCUT2D eigenvalue weighted by atomic mass is 9.88. The van der Waals surface area contributed by atoms with Gasteiger partial charge in [0.05, 0.1) is 0 Å². The van der Waals surface area contributed by atoms with Gasteiger partial charge in [0.1, 0.15) is 0 Å². The summed E-state index contributed by atoms with van der Waals surface area (Å²) in [4.78, 5) is 0. The van der Waals surface area contributed by atoms with E-state index in [9.17, 15) is 0 Å². The monoisotopic (exact) mass is 614 g/mol. The molecule has 3 saturated carbocycles. The number of hydrogen-bond donors (Lipinski definition) is 1. The van der Waals surface area contributed by atoms with Crippen molar-refractivity contribution in [3.63, 3.8) is 0 Å². The van der Waals surface area contributed by atoms with E-state index in [-0.39, 0.29) is 0 Å². The lowest BCUT2D eigenvalue weighted by molar-refractivity contribution is 0.474. The number of nitrogens with two attached hydrogens (primary N) is 1. The highest BCUT2D eigenvalue weighted by Crippen LogP contribution is 2.32. The Balaban J connectivity index is -0.000000215. The van der Waals surface area contributed by atoms with E-state index in [1.165, 1.54) is 120 Å². The Morgan fingerprint density at radius 1 is 0.773 bits per heavy atom. The molecule has 44 heavy (non-hydrogen) atoms. The van der Waals surface area contributed by atoms with Crippen LogP contribution >= 0.6 is 0 Å². The van der Waals surface area contributed by atoms with Gasteiger partial charge in [-0.05, 0) is 43.1 Å². The molecule has 0 amide bonds. The average Bonchev–Trinajstić information content (AvgIpc) is 3.43. The zero-order chi connectivity index (χ0) is 34.3. The van der Waals surface area contributed by atoms with Gasteiger partial charge in [-0.3, -0.25) is 0 Å². The zero-order valence-corrected chi connectivity index (χ0v) is 32.1. The Labute approximate surface area is 280 Å². The SMILES string of the molecule is C1CCC1.C1CCC1.C1CCC1.C=C(C)C1CC=CC1CC.C=CCN.CC.CC(C)c1ccccc1.CCC.CCCC. The lowest BCUT2D eigenvalue weighted by Gasteiger charge is -2.17. The summed E-state index contributed by atoms with van der Waals surface area (Å²) in [7, 11) is 0. The molecule has 1 aromatic carbocycles. The van der Waals surface area contributed by atoms with Crippen LogP contribution < -0.4 is 5.73 Å². The second-order valence-corrected chi connectivity index (χ2v) is 12.2. The molecule has 1 aromatic rings. The molecule has 0 spiro atoms. The molecule has 260 valence electrons. The van der Waals surface area contributed by atoms with E-state index >= 15 is 0 Å². The van der Waals surface area contributed by atoms with Gasteiger partial charge in [-0.25, -0.2) is 0 Å². The first-order valence-corrected chi connectivity index (χ1v) is 19.0. The highest BCUT2D eigenvalue weighted by atomic mass is 14.5. The van der Waals surface area contributed by atoms with Crippen LogP contribution in [0.2, 0.25) is 0 Å². The van der Waals surface area contributed by atoms with E-state index in [0.717, 1.165) is 11.8 Å². The minimum Gasteiger partial charge on any atom is -0.327 e. The van der Waals surface area contributed by atoms with Gasteiger partial charge in [-0.15, -0.1) is 6.58 Å². The van der Waals surface area contributed by atoms with Gasteiger partial charge in [0.15, 0.2) is 0 Å². The topological polar surface area (TPSA) is 26.0 Å². The second kappa shape index (κ2) is 43.5. The molecular weight excluding hydrogens is 530 g/mol. The molecule has 1 nitrogen and oxygen atoms in total. The number of benzene rings is 1. The van der Waals surface area contributed by atoms with Crippen LogP contribution in [-0.2, 0) is 0 Å². The van der Waals surface area contributed by atoms with E-state index in [1.807, 2.05) is 19.9 Å². The molecule has 4 aliphatic rings. The molecular formula is C43H83N. The van der Waals surface area contributed by atoms with Crippen LogP contribution in [0.3, 0.4) is 0 Å². The van der Waals surface area contributed by atoms with E-state index in [0.29, 0.717) is 12.5 Å². The van der Waals surface area contributed by atoms with Crippen LogP contribution in [0.4, 0.5) is 0 Å². The molecule has 0 aliphatic heterocycles. The Morgan fingerprint density at radius 2 is 1.11 bits per heavy atom. The fourth-order valence-electron chi connectivity index (χ4n) is 3.28. The summed E-state index contributed by atoms with van der Waals surface area (Å²) in [5.74, 6) is 2.17. The zero-order valence-electron chi connectivity index (χ0n) is 32.1. The first-order valence-electron chi connectivity index (χ1n) is 19.0. The molecule has 2 N–H and O–H groups in total. The minimum absolute atomic E-state index is 0.583. The molecule has 0 saturated heterocycles. The molecule has 0 radical (unpaired) electrons. The van der Waals surface area contributed by atoms with Crippen LogP contribution in [0.5, 0.6) is 0 Å². The van der Waals surface area contributed by atoms with Crippen molar-refractivity contribution in [2.45, 2.75) is 184 Å². The van der Waals surface area contributed by atoms with Gasteiger partial charge < -0.3 is 5.73 Å². The molecule has 1 heteroatoms. The fraction of sp³-hybridized carbons (Fsp3) is 0.721. The molecule has 0 bridgehead atoms. The average molecular weight is 614 g/mol. The summed E-state index contributed by atoms with van der Waals surface area (Å²) in [6.45, 7) is 29.3. The molecule has 2 unspecified atom stereocenters. The van der Waals surface area contributed by atoms with Crippen molar-refractivity contribution < 1.29 is 0 Å². The summed E-state index contributed by atoms with van der Waals surface area (Å²) in [5.41, 5.74) is 7.67. The normalized spacial score (nSPS) is 17.5. The Bertz CT molecular complexity index is 626. The van der Waals surface area contributed by atoms with Gasteiger partial charge in [0.2, 0.25) is 0 Å². The Kier molecular flexibility index (Phi) is 48.8. The number of allylic oxidation sites excluding steroid dienone is 3. The standard InChI is InChI=1S/C10H16.C9H12.3C4H8.C4H10.C3H7N.C3H8.C2H6/c1-4-9-6-5-7-10(9)8(2)3;1-8(2)9-6-4-3-5-7-9;3*1-2-4-3-1;1-3-4-2;1-2-3-4;1-3-2;1-2/h5-6,9-10H,2,4,7H2,1,3H3;3-8H,1-2H3;3*1-4H2;3-4H2,1-2H3;2H,1,3-4H2;3H2,1-2H3;1-2H3. The maximum atomic E-state index is 4.91. The van der Waals surface area contributed by atoms with Crippen molar-refractivity contribution in [3.8, 4) is 0 Å². The number of hydrogen-bond acceptors (Lipinski definition) is 1. The molecule has 2 atom stereocenters. The highest BCUT2D eigenvalue weighted by Gasteiger charge is 2.20. The molecule has 3 fully saturated rings. The van der Waals surface area contributed by atoms with E-state index in [2.05, 4.69) is 105 Å². The third-order valence-electron chi connectivity index (χ3n) is 7.53. The summed E-state index contributed by atoms with van der Waals surface area (Å²) in [5, 5.41) is 0. The van der Waals surface area contributed by atoms with Gasteiger partial charge in [-0.1, -0.05) is 219 Å². The number of rotatable bonds is 5. The summed E-state index contributed by atoms with van der Waals surface area (Å²) in [6.07, 6.45) is 30.6. The quantitative estimate of drug-likeness (QED) is 0.328. The molecule has 0 heterocycles. The third-order valence-corrected chi connectivity index (χ3v) is 7.53. The molecule has 5 rings (SSSR count). The Hall–Kier alpha value is -1.60. The predicted molar refractivity (Wildman–Crippen MR) is 209 cm³/mol. The summed E-state index contributed by atoms with van der Waals surface area (Å²) >= 11 is 0. The van der Waals surface area contributed by atoms with E-state index in [4.69, 9.17) is 5.73 Å². The van der Waals surface area contributed by atoms with Gasteiger partial charge in [0, 0.05) is 6.54 Å².